The molecule has 0 aromatic heterocycles. The van der Waals surface area contributed by atoms with E-state index in [9.17, 15) is 9.59 Å². The van der Waals surface area contributed by atoms with Crippen molar-refractivity contribution in [2.75, 3.05) is 33.2 Å². The van der Waals surface area contributed by atoms with Crippen molar-refractivity contribution in [3.05, 3.63) is 35.4 Å². The summed E-state index contributed by atoms with van der Waals surface area (Å²) < 4.78 is 5.35. The highest BCUT2D eigenvalue weighted by Gasteiger charge is 2.19. The Labute approximate surface area is 176 Å². The second kappa shape index (κ2) is 13.2. The molecular weight excluding hydrogens is 366 g/mol. The van der Waals surface area contributed by atoms with Crippen molar-refractivity contribution >= 4 is 12.0 Å². The fourth-order valence-electron chi connectivity index (χ4n) is 2.72. The number of hydrogen-bond donors (Lipinski definition) is 2. The first-order chi connectivity index (χ1) is 13.7. The maximum Gasteiger partial charge on any atom is 0.410 e. The van der Waals surface area contributed by atoms with Crippen LogP contribution in [-0.4, -0.2) is 55.7 Å². The van der Waals surface area contributed by atoms with E-state index in [0.717, 1.165) is 18.7 Å². The first-order valence-electron chi connectivity index (χ1n) is 10.7. The van der Waals surface area contributed by atoms with Crippen molar-refractivity contribution in [1.82, 2.24) is 15.5 Å². The number of benzene rings is 1. The molecule has 0 spiro atoms. The van der Waals surface area contributed by atoms with Crippen LogP contribution in [0.5, 0.6) is 0 Å². The molecule has 0 atom stereocenters. The zero-order chi connectivity index (χ0) is 21.7. The Kier molecular flexibility index (Phi) is 11.4. The van der Waals surface area contributed by atoms with Crippen LogP contribution in [0.2, 0.25) is 0 Å². The van der Waals surface area contributed by atoms with Crippen LogP contribution in [0.4, 0.5) is 4.79 Å². The van der Waals surface area contributed by atoms with Crippen LogP contribution in [0.25, 0.3) is 0 Å². The van der Waals surface area contributed by atoms with Gasteiger partial charge in [-0.1, -0.05) is 38.3 Å². The molecule has 29 heavy (non-hydrogen) atoms. The largest absolute Gasteiger partial charge is 0.444 e. The van der Waals surface area contributed by atoms with Gasteiger partial charge in [-0.3, -0.25) is 4.79 Å². The molecule has 6 nitrogen and oxygen atoms in total. The zero-order valence-corrected chi connectivity index (χ0v) is 18.8. The van der Waals surface area contributed by atoms with Gasteiger partial charge in [-0.25, -0.2) is 4.79 Å². The molecule has 1 aromatic rings. The van der Waals surface area contributed by atoms with Gasteiger partial charge in [0.2, 0.25) is 0 Å². The lowest BCUT2D eigenvalue weighted by Crippen LogP contribution is -2.35. The topological polar surface area (TPSA) is 70.7 Å². The normalized spacial score (nSPS) is 11.2. The van der Waals surface area contributed by atoms with Crippen molar-refractivity contribution in [2.24, 2.45) is 0 Å². The van der Waals surface area contributed by atoms with Crippen molar-refractivity contribution in [2.45, 2.75) is 65.4 Å². The Morgan fingerprint density at radius 1 is 1.00 bits per heavy atom. The minimum absolute atomic E-state index is 0.0600. The number of carbonyl (C=O) groups is 2. The second-order valence-electron chi connectivity index (χ2n) is 8.42. The molecule has 1 rings (SSSR count). The van der Waals surface area contributed by atoms with Crippen LogP contribution in [0.1, 0.15) is 69.3 Å². The van der Waals surface area contributed by atoms with E-state index in [2.05, 4.69) is 17.6 Å². The molecule has 0 unspecified atom stereocenters. The predicted molar refractivity (Wildman–Crippen MR) is 118 cm³/mol. The molecule has 0 radical (unpaired) electrons. The second-order valence-corrected chi connectivity index (χ2v) is 8.42. The first kappa shape index (κ1) is 25.0. The number of hydrogen-bond acceptors (Lipinski definition) is 4. The molecule has 0 heterocycles. The Balaban J connectivity index is 2.28. The van der Waals surface area contributed by atoms with Gasteiger partial charge in [0.15, 0.2) is 0 Å². The van der Waals surface area contributed by atoms with Gasteiger partial charge < -0.3 is 20.3 Å². The summed E-state index contributed by atoms with van der Waals surface area (Å²) in [4.78, 5) is 25.8. The van der Waals surface area contributed by atoms with Crippen LogP contribution in [-0.2, 0) is 11.2 Å². The lowest BCUT2D eigenvalue weighted by molar-refractivity contribution is 0.0300. The molecule has 0 fully saturated rings. The minimum Gasteiger partial charge on any atom is -0.444 e. The van der Waals surface area contributed by atoms with E-state index in [-0.39, 0.29) is 12.0 Å². The Morgan fingerprint density at radius 2 is 1.69 bits per heavy atom. The molecule has 0 saturated heterocycles. The van der Waals surface area contributed by atoms with E-state index in [4.69, 9.17) is 4.74 Å². The molecule has 6 heteroatoms. The molecule has 0 aliphatic heterocycles. The van der Waals surface area contributed by atoms with Crippen LogP contribution in [0.3, 0.4) is 0 Å². The molecule has 2 N–H and O–H groups in total. The summed E-state index contributed by atoms with van der Waals surface area (Å²) in [5, 5.41) is 6.29. The van der Waals surface area contributed by atoms with Gasteiger partial charge in [0, 0.05) is 32.2 Å². The predicted octanol–water partition coefficient (Wildman–Crippen LogP) is 4.00. The van der Waals surface area contributed by atoms with E-state index < -0.39 is 5.60 Å². The van der Waals surface area contributed by atoms with Crippen molar-refractivity contribution < 1.29 is 14.3 Å². The number of nitrogens with zero attached hydrogens (tertiary/aromatic N) is 1. The Bertz CT molecular complexity index is 609. The van der Waals surface area contributed by atoms with Crippen molar-refractivity contribution in [3.63, 3.8) is 0 Å². The lowest BCUT2D eigenvalue weighted by atomic mass is 10.1. The SMILES string of the molecule is CCCCCCNCCNC(=O)c1ccc(CCN(C)C(=O)OC(C)(C)C)cc1. The van der Waals surface area contributed by atoms with E-state index >= 15 is 0 Å². The number of rotatable bonds is 12. The third-order valence-corrected chi connectivity index (χ3v) is 4.45. The minimum atomic E-state index is -0.495. The van der Waals surface area contributed by atoms with Gasteiger partial charge in [0.05, 0.1) is 0 Å². The molecule has 0 aliphatic rings. The summed E-state index contributed by atoms with van der Waals surface area (Å²) in [6, 6.07) is 7.53. The van der Waals surface area contributed by atoms with Crippen LogP contribution in [0.15, 0.2) is 24.3 Å². The zero-order valence-electron chi connectivity index (χ0n) is 18.8. The van der Waals surface area contributed by atoms with E-state index in [1.807, 2.05) is 45.0 Å². The molecule has 164 valence electrons. The number of nitrogens with one attached hydrogen (secondary N) is 2. The van der Waals surface area contributed by atoms with Crippen LogP contribution in [0, 0.1) is 0 Å². The maximum absolute atomic E-state index is 12.2. The average Bonchev–Trinajstić information content (AvgIpc) is 2.67. The van der Waals surface area contributed by atoms with Gasteiger partial charge in [-0.05, 0) is 57.9 Å². The van der Waals surface area contributed by atoms with Crippen LogP contribution >= 0.6 is 0 Å². The van der Waals surface area contributed by atoms with Gasteiger partial charge >= 0.3 is 6.09 Å². The average molecular weight is 406 g/mol. The highest BCUT2D eigenvalue weighted by molar-refractivity contribution is 5.94. The summed E-state index contributed by atoms with van der Waals surface area (Å²) >= 11 is 0. The third kappa shape index (κ3) is 11.5. The van der Waals surface area contributed by atoms with Gasteiger partial charge in [-0.15, -0.1) is 0 Å². The molecule has 0 aliphatic carbocycles. The van der Waals surface area contributed by atoms with E-state index in [1.54, 1.807) is 11.9 Å². The summed E-state index contributed by atoms with van der Waals surface area (Å²) in [6.07, 6.45) is 5.36. The fourth-order valence-corrected chi connectivity index (χ4v) is 2.72. The molecule has 0 saturated carbocycles. The lowest BCUT2D eigenvalue weighted by Gasteiger charge is -2.24. The Hall–Kier alpha value is -2.08. The molecule has 2 amide bonds. The van der Waals surface area contributed by atoms with Crippen molar-refractivity contribution in [1.29, 1.82) is 0 Å². The van der Waals surface area contributed by atoms with Gasteiger partial charge in [-0.2, -0.15) is 0 Å². The number of carbonyl (C=O) groups excluding carboxylic acids is 2. The van der Waals surface area contributed by atoms with E-state index in [0.29, 0.717) is 25.1 Å². The quantitative estimate of drug-likeness (QED) is 0.516. The van der Waals surface area contributed by atoms with Gasteiger partial charge in [0.25, 0.3) is 5.91 Å². The first-order valence-corrected chi connectivity index (χ1v) is 10.7. The highest BCUT2D eigenvalue weighted by atomic mass is 16.6. The summed E-state index contributed by atoms with van der Waals surface area (Å²) in [5.41, 5.74) is 1.23. The monoisotopic (exact) mass is 405 g/mol. The number of amides is 2. The van der Waals surface area contributed by atoms with E-state index in [1.165, 1.54) is 25.7 Å². The summed E-state index contributed by atoms with van der Waals surface area (Å²) in [7, 11) is 1.73. The summed E-state index contributed by atoms with van der Waals surface area (Å²) in [6.45, 7) is 10.7. The fraction of sp³-hybridized carbons (Fsp3) is 0.652. The van der Waals surface area contributed by atoms with Gasteiger partial charge in [0.1, 0.15) is 5.60 Å². The highest BCUT2D eigenvalue weighted by Crippen LogP contribution is 2.10. The van der Waals surface area contributed by atoms with Crippen molar-refractivity contribution in [3.8, 4) is 0 Å². The molecular formula is C23H39N3O3. The maximum atomic E-state index is 12.2. The molecule has 1 aromatic carbocycles. The summed E-state index contributed by atoms with van der Waals surface area (Å²) in [5.74, 6) is -0.0600. The standard InChI is InChI=1S/C23H39N3O3/c1-6-7-8-9-15-24-16-17-25-21(27)20-12-10-19(11-13-20)14-18-26(5)22(28)29-23(2,3)4/h10-13,24H,6-9,14-18H2,1-5H3,(H,25,27). The number of likely N-dealkylation sites (N-methyl/N-ethyl adjacent to an activating group) is 1. The number of ether oxygens (including phenoxy) is 1. The number of unbranched alkanes of at least 4 members (excludes halogenated alkanes) is 3. The molecule has 0 bridgehead atoms. The van der Waals surface area contributed by atoms with Crippen LogP contribution < -0.4 is 10.6 Å². The smallest absolute Gasteiger partial charge is 0.410 e. The Morgan fingerprint density at radius 3 is 2.31 bits per heavy atom. The third-order valence-electron chi connectivity index (χ3n) is 4.45.